The average Bonchev–Trinajstić information content (AvgIpc) is 2.41. The second-order valence-electron chi connectivity index (χ2n) is 5.14. The molecule has 1 unspecified atom stereocenters. The van der Waals surface area contributed by atoms with Crippen LogP contribution >= 0.6 is 11.6 Å². The summed E-state index contributed by atoms with van der Waals surface area (Å²) in [5.41, 5.74) is 5.09. The summed E-state index contributed by atoms with van der Waals surface area (Å²) >= 11 is 6.23. The average molecular weight is 289 g/mol. The fourth-order valence-electron chi connectivity index (χ4n) is 2.54. The Bertz CT molecular complexity index is 581. The molecule has 1 N–H and O–H groups in total. The predicted molar refractivity (Wildman–Crippen MR) is 85.3 cm³/mol. The van der Waals surface area contributed by atoms with E-state index in [0.717, 1.165) is 23.6 Å². The normalized spacial score (nSPS) is 12.4. The third-order valence-electron chi connectivity index (χ3n) is 3.53. The van der Waals surface area contributed by atoms with Gasteiger partial charge in [0, 0.05) is 18.4 Å². The summed E-state index contributed by atoms with van der Waals surface area (Å²) < 4.78 is 0. The monoisotopic (exact) mass is 288 g/mol. The predicted octanol–water partition coefficient (Wildman–Crippen LogP) is 4.25. The number of aromatic nitrogens is 1. The number of halogens is 1. The van der Waals surface area contributed by atoms with E-state index in [-0.39, 0.29) is 6.04 Å². The first-order chi connectivity index (χ1) is 9.61. The van der Waals surface area contributed by atoms with Gasteiger partial charge < -0.3 is 5.32 Å². The van der Waals surface area contributed by atoms with E-state index in [2.05, 4.69) is 49.3 Å². The van der Waals surface area contributed by atoms with Crippen LogP contribution in [0.2, 0.25) is 5.02 Å². The highest BCUT2D eigenvalue weighted by Crippen LogP contribution is 2.25. The first-order valence-electron chi connectivity index (χ1n) is 7.00. The van der Waals surface area contributed by atoms with E-state index in [1.54, 1.807) is 12.4 Å². The summed E-state index contributed by atoms with van der Waals surface area (Å²) in [6.07, 6.45) is 4.38. The number of pyridine rings is 1. The lowest BCUT2D eigenvalue weighted by molar-refractivity contribution is 0.547. The molecule has 0 aliphatic rings. The van der Waals surface area contributed by atoms with Crippen LogP contribution in [0.4, 0.5) is 0 Å². The molecule has 0 aliphatic heterocycles. The Hall–Kier alpha value is -1.38. The zero-order valence-corrected chi connectivity index (χ0v) is 13.0. The quantitative estimate of drug-likeness (QED) is 0.890. The van der Waals surface area contributed by atoms with Crippen LogP contribution in [0.5, 0.6) is 0 Å². The van der Waals surface area contributed by atoms with E-state index >= 15 is 0 Å². The number of likely N-dealkylation sites (N-methyl/N-ethyl adjacent to an activating group) is 1. The molecule has 1 heterocycles. The lowest BCUT2D eigenvalue weighted by Crippen LogP contribution is -2.24. The van der Waals surface area contributed by atoms with Crippen LogP contribution in [-0.2, 0) is 6.42 Å². The molecule has 106 valence electrons. The van der Waals surface area contributed by atoms with Crippen molar-refractivity contribution in [3.63, 3.8) is 0 Å². The zero-order valence-electron chi connectivity index (χ0n) is 12.3. The Morgan fingerprint density at radius 2 is 2.05 bits per heavy atom. The molecule has 2 aromatic rings. The number of benzene rings is 1. The molecular formula is C17H21ClN2. The van der Waals surface area contributed by atoms with Crippen molar-refractivity contribution in [2.75, 3.05) is 6.54 Å². The summed E-state index contributed by atoms with van der Waals surface area (Å²) in [5, 5.41) is 4.29. The zero-order chi connectivity index (χ0) is 14.5. The molecule has 1 atom stereocenters. The number of hydrogen-bond donors (Lipinski definition) is 1. The minimum Gasteiger partial charge on any atom is -0.310 e. The molecule has 0 radical (unpaired) electrons. The van der Waals surface area contributed by atoms with Crippen molar-refractivity contribution < 1.29 is 0 Å². The van der Waals surface area contributed by atoms with E-state index in [0.29, 0.717) is 0 Å². The third-order valence-corrected chi connectivity index (χ3v) is 3.87. The van der Waals surface area contributed by atoms with Gasteiger partial charge in [-0.05, 0) is 49.6 Å². The molecule has 1 aromatic carbocycles. The van der Waals surface area contributed by atoms with Gasteiger partial charge in [-0.25, -0.2) is 0 Å². The topological polar surface area (TPSA) is 24.9 Å². The van der Waals surface area contributed by atoms with Gasteiger partial charge in [-0.3, -0.25) is 4.98 Å². The molecule has 0 spiro atoms. The van der Waals surface area contributed by atoms with Gasteiger partial charge in [-0.2, -0.15) is 0 Å². The highest BCUT2D eigenvalue weighted by Gasteiger charge is 2.15. The lowest BCUT2D eigenvalue weighted by atomic mass is 9.94. The van der Waals surface area contributed by atoms with Gasteiger partial charge in [-0.1, -0.05) is 42.3 Å². The van der Waals surface area contributed by atoms with E-state index in [1.807, 2.05) is 6.07 Å². The van der Waals surface area contributed by atoms with E-state index < -0.39 is 0 Å². The van der Waals surface area contributed by atoms with Gasteiger partial charge in [0.1, 0.15) is 0 Å². The fourth-order valence-corrected chi connectivity index (χ4v) is 2.74. The summed E-state index contributed by atoms with van der Waals surface area (Å²) in [6, 6.07) is 8.89. The first-order valence-corrected chi connectivity index (χ1v) is 7.38. The Labute approximate surface area is 126 Å². The van der Waals surface area contributed by atoms with Crippen molar-refractivity contribution in [3.05, 3.63) is 63.9 Å². The third kappa shape index (κ3) is 3.59. The maximum atomic E-state index is 6.23. The van der Waals surface area contributed by atoms with Crippen LogP contribution in [0.3, 0.4) is 0 Å². The summed E-state index contributed by atoms with van der Waals surface area (Å²) in [7, 11) is 0. The molecule has 0 fully saturated rings. The second-order valence-corrected chi connectivity index (χ2v) is 5.55. The van der Waals surface area contributed by atoms with Crippen molar-refractivity contribution in [2.24, 2.45) is 0 Å². The highest BCUT2D eigenvalue weighted by atomic mass is 35.5. The Morgan fingerprint density at radius 3 is 2.70 bits per heavy atom. The van der Waals surface area contributed by atoms with Crippen LogP contribution in [0.15, 0.2) is 36.7 Å². The SMILES string of the molecule is CCNC(Cc1ccncc1Cl)c1ccc(C)cc1C. The number of nitrogens with zero attached hydrogens (tertiary/aromatic N) is 1. The summed E-state index contributed by atoms with van der Waals surface area (Å²) in [5.74, 6) is 0. The van der Waals surface area contributed by atoms with Crippen molar-refractivity contribution in [1.29, 1.82) is 0 Å². The van der Waals surface area contributed by atoms with Gasteiger partial charge in [0.2, 0.25) is 0 Å². The molecule has 0 amide bonds. The molecule has 2 nitrogen and oxygen atoms in total. The largest absolute Gasteiger partial charge is 0.310 e. The molecule has 0 saturated carbocycles. The van der Waals surface area contributed by atoms with Crippen LogP contribution < -0.4 is 5.32 Å². The van der Waals surface area contributed by atoms with Crippen molar-refractivity contribution in [2.45, 2.75) is 33.2 Å². The van der Waals surface area contributed by atoms with Crippen LogP contribution in [0, 0.1) is 13.8 Å². The van der Waals surface area contributed by atoms with Crippen molar-refractivity contribution in [3.8, 4) is 0 Å². The summed E-state index contributed by atoms with van der Waals surface area (Å²) in [6.45, 7) is 7.35. The van der Waals surface area contributed by atoms with Gasteiger partial charge in [0.05, 0.1) is 5.02 Å². The second kappa shape index (κ2) is 6.87. The maximum absolute atomic E-state index is 6.23. The van der Waals surface area contributed by atoms with Crippen LogP contribution in [0.1, 0.15) is 35.2 Å². The summed E-state index contributed by atoms with van der Waals surface area (Å²) in [4.78, 5) is 4.05. The van der Waals surface area contributed by atoms with Crippen LogP contribution in [-0.4, -0.2) is 11.5 Å². The van der Waals surface area contributed by atoms with Gasteiger partial charge in [-0.15, -0.1) is 0 Å². The van der Waals surface area contributed by atoms with E-state index in [4.69, 9.17) is 11.6 Å². The van der Waals surface area contributed by atoms with E-state index in [9.17, 15) is 0 Å². The first kappa shape index (κ1) is 15.0. The Morgan fingerprint density at radius 1 is 1.25 bits per heavy atom. The van der Waals surface area contributed by atoms with Gasteiger partial charge >= 0.3 is 0 Å². The number of aryl methyl sites for hydroxylation is 2. The molecule has 3 heteroatoms. The molecule has 0 aliphatic carbocycles. The number of hydrogen-bond acceptors (Lipinski definition) is 2. The molecule has 0 bridgehead atoms. The van der Waals surface area contributed by atoms with E-state index in [1.165, 1.54) is 16.7 Å². The molecule has 0 saturated heterocycles. The van der Waals surface area contributed by atoms with Gasteiger partial charge in [0.25, 0.3) is 0 Å². The number of nitrogens with one attached hydrogen (secondary N) is 1. The Kier molecular flexibility index (Phi) is 5.16. The number of rotatable bonds is 5. The molecule has 2 rings (SSSR count). The highest BCUT2D eigenvalue weighted by molar-refractivity contribution is 6.31. The fraction of sp³-hybridized carbons (Fsp3) is 0.353. The van der Waals surface area contributed by atoms with Crippen molar-refractivity contribution >= 4 is 11.6 Å². The maximum Gasteiger partial charge on any atom is 0.0622 e. The molecule has 20 heavy (non-hydrogen) atoms. The smallest absolute Gasteiger partial charge is 0.0622 e. The molecular weight excluding hydrogens is 268 g/mol. The van der Waals surface area contributed by atoms with Crippen LogP contribution in [0.25, 0.3) is 0 Å². The van der Waals surface area contributed by atoms with Gasteiger partial charge in [0.15, 0.2) is 0 Å². The molecule has 1 aromatic heterocycles. The minimum absolute atomic E-state index is 0.278. The Balaban J connectivity index is 2.29. The van der Waals surface area contributed by atoms with Crippen molar-refractivity contribution in [1.82, 2.24) is 10.3 Å². The minimum atomic E-state index is 0.278. The lowest BCUT2D eigenvalue weighted by Gasteiger charge is -2.21. The standard InChI is InChI=1S/C17H21ClN2/c1-4-20-17(10-14-7-8-19-11-16(14)18)15-6-5-12(2)9-13(15)3/h5-9,11,17,20H,4,10H2,1-3H3.